The van der Waals surface area contributed by atoms with Crippen molar-refractivity contribution in [3.05, 3.63) is 94.6 Å². The van der Waals surface area contributed by atoms with Crippen molar-refractivity contribution in [3.63, 3.8) is 0 Å². The number of para-hydroxylation sites is 1. The number of hydrogen-bond donors (Lipinski definition) is 1. The Balaban J connectivity index is 1.51. The van der Waals surface area contributed by atoms with Crippen LogP contribution in [0.4, 0.5) is 10.1 Å². The summed E-state index contributed by atoms with van der Waals surface area (Å²) >= 11 is 1.25. The van der Waals surface area contributed by atoms with Gasteiger partial charge in [0, 0.05) is 11.1 Å². The van der Waals surface area contributed by atoms with Crippen molar-refractivity contribution in [1.82, 2.24) is 5.32 Å². The number of amidine groups is 1. The van der Waals surface area contributed by atoms with Crippen LogP contribution in [0.2, 0.25) is 0 Å². The molecule has 5 nitrogen and oxygen atoms in total. The molecule has 1 amide bonds. The minimum Gasteiger partial charge on any atom is -0.497 e. The lowest BCUT2D eigenvalue weighted by atomic mass is 10.1. The highest BCUT2D eigenvalue weighted by Crippen LogP contribution is 2.31. The van der Waals surface area contributed by atoms with E-state index < -0.39 is 0 Å². The summed E-state index contributed by atoms with van der Waals surface area (Å²) < 4.78 is 24.8. The van der Waals surface area contributed by atoms with E-state index in [2.05, 4.69) is 10.3 Å². The molecule has 4 rings (SSSR count). The van der Waals surface area contributed by atoms with Gasteiger partial charge in [-0.1, -0.05) is 36.4 Å². The van der Waals surface area contributed by atoms with E-state index in [1.54, 1.807) is 49.6 Å². The molecular weight excluding hydrogens is 415 g/mol. The first-order chi connectivity index (χ1) is 15.1. The highest BCUT2D eigenvalue weighted by Gasteiger charge is 2.24. The number of aliphatic imine (C=N–C) groups is 1. The second-order valence-electron chi connectivity index (χ2n) is 6.60. The van der Waals surface area contributed by atoms with Gasteiger partial charge in [-0.3, -0.25) is 4.79 Å². The molecule has 1 fully saturated rings. The molecule has 3 aromatic rings. The maximum absolute atomic E-state index is 13.9. The Hall–Kier alpha value is -3.58. The van der Waals surface area contributed by atoms with Crippen molar-refractivity contribution in [2.45, 2.75) is 6.61 Å². The van der Waals surface area contributed by atoms with Crippen molar-refractivity contribution in [3.8, 4) is 11.5 Å². The summed E-state index contributed by atoms with van der Waals surface area (Å²) in [5.41, 5.74) is 1.90. The number of rotatable bonds is 6. The number of ether oxygens (including phenoxy) is 2. The van der Waals surface area contributed by atoms with Crippen LogP contribution < -0.4 is 14.8 Å². The number of methoxy groups -OCH3 is 1. The lowest BCUT2D eigenvalue weighted by molar-refractivity contribution is -0.115. The molecule has 1 heterocycles. The zero-order valence-corrected chi connectivity index (χ0v) is 17.5. The third-order valence-electron chi connectivity index (χ3n) is 4.50. The largest absolute Gasteiger partial charge is 0.497 e. The molecule has 0 saturated carbocycles. The van der Waals surface area contributed by atoms with Crippen LogP contribution in [0, 0.1) is 5.82 Å². The fourth-order valence-corrected chi connectivity index (χ4v) is 3.73. The normalized spacial score (nSPS) is 15.9. The molecule has 1 N–H and O–H groups in total. The topological polar surface area (TPSA) is 59.9 Å². The molecule has 1 aliphatic rings. The van der Waals surface area contributed by atoms with E-state index in [9.17, 15) is 9.18 Å². The van der Waals surface area contributed by atoms with Crippen LogP contribution >= 0.6 is 11.8 Å². The Bertz CT molecular complexity index is 1160. The van der Waals surface area contributed by atoms with E-state index in [0.29, 0.717) is 27.1 Å². The fourth-order valence-electron chi connectivity index (χ4n) is 2.90. The summed E-state index contributed by atoms with van der Waals surface area (Å²) in [5.74, 6) is 0.747. The molecule has 0 spiro atoms. The Morgan fingerprint density at radius 1 is 1.03 bits per heavy atom. The summed E-state index contributed by atoms with van der Waals surface area (Å²) in [4.78, 5) is 17.4. The van der Waals surface area contributed by atoms with E-state index in [1.165, 1.54) is 17.8 Å². The molecule has 0 aromatic heterocycles. The standard InChI is InChI=1S/C24H19FN2O3S/c1-29-19-12-10-18(11-13-19)26-24-27-23(28)22(31-24)14-16-6-3-5-9-21(16)30-15-17-7-2-4-8-20(17)25/h2-14H,15H2,1H3,(H,26,27,28)/b22-14+. The van der Waals surface area contributed by atoms with Crippen LogP contribution in [0.1, 0.15) is 11.1 Å². The zero-order valence-electron chi connectivity index (χ0n) is 16.7. The van der Waals surface area contributed by atoms with Gasteiger partial charge in [0.2, 0.25) is 0 Å². The van der Waals surface area contributed by atoms with Crippen molar-refractivity contribution in [2.75, 3.05) is 7.11 Å². The van der Waals surface area contributed by atoms with Crippen molar-refractivity contribution < 1.29 is 18.7 Å². The number of halogens is 1. The van der Waals surface area contributed by atoms with Crippen molar-refractivity contribution >= 4 is 34.6 Å². The van der Waals surface area contributed by atoms with Crippen LogP contribution in [0.5, 0.6) is 11.5 Å². The molecule has 0 atom stereocenters. The van der Waals surface area contributed by atoms with Crippen LogP contribution in [-0.4, -0.2) is 18.2 Å². The lowest BCUT2D eigenvalue weighted by Crippen LogP contribution is -2.19. The minimum absolute atomic E-state index is 0.0936. The molecule has 1 saturated heterocycles. The second-order valence-corrected chi connectivity index (χ2v) is 7.63. The van der Waals surface area contributed by atoms with E-state index >= 15 is 0 Å². The Morgan fingerprint density at radius 3 is 2.55 bits per heavy atom. The van der Waals surface area contributed by atoms with E-state index in [4.69, 9.17) is 9.47 Å². The second kappa shape index (κ2) is 9.49. The third kappa shape index (κ3) is 5.13. The Labute approximate surface area is 183 Å². The van der Waals surface area contributed by atoms with Gasteiger partial charge in [0.1, 0.15) is 23.9 Å². The monoisotopic (exact) mass is 434 g/mol. The smallest absolute Gasteiger partial charge is 0.264 e. The third-order valence-corrected chi connectivity index (χ3v) is 5.41. The van der Waals surface area contributed by atoms with Gasteiger partial charge in [0.05, 0.1) is 17.7 Å². The summed E-state index contributed by atoms with van der Waals surface area (Å²) in [6.45, 7) is 0.0936. The van der Waals surface area contributed by atoms with Gasteiger partial charge >= 0.3 is 0 Å². The molecule has 0 bridgehead atoms. The molecule has 31 heavy (non-hydrogen) atoms. The predicted octanol–water partition coefficient (Wildman–Crippen LogP) is 5.30. The summed E-state index contributed by atoms with van der Waals surface area (Å²) in [7, 11) is 1.60. The average Bonchev–Trinajstić information content (AvgIpc) is 3.13. The summed E-state index contributed by atoms with van der Waals surface area (Å²) in [5, 5.41) is 3.26. The predicted molar refractivity (Wildman–Crippen MR) is 121 cm³/mol. The van der Waals surface area contributed by atoms with Gasteiger partial charge < -0.3 is 14.8 Å². The van der Waals surface area contributed by atoms with Crippen LogP contribution in [0.3, 0.4) is 0 Å². The van der Waals surface area contributed by atoms with Gasteiger partial charge in [0.25, 0.3) is 5.91 Å². The summed E-state index contributed by atoms with van der Waals surface area (Å²) in [6, 6.07) is 21.0. The molecular formula is C24H19FN2O3S. The first-order valence-corrected chi connectivity index (χ1v) is 10.3. The number of hydrogen-bond acceptors (Lipinski definition) is 5. The number of nitrogens with zero attached hydrogens (tertiary/aromatic N) is 1. The SMILES string of the molecule is COc1ccc(N=C2NC(=O)/C(=C\c3ccccc3OCc3ccccc3F)S2)cc1. The summed E-state index contributed by atoms with van der Waals surface area (Å²) in [6.07, 6.45) is 1.74. The zero-order chi connectivity index (χ0) is 21.6. The fraction of sp³-hybridized carbons (Fsp3) is 0.0833. The van der Waals surface area contributed by atoms with E-state index in [-0.39, 0.29) is 18.3 Å². The van der Waals surface area contributed by atoms with Gasteiger partial charge in [-0.05, 0) is 54.2 Å². The number of benzene rings is 3. The van der Waals surface area contributed by atoms with Gasteiger partial charge in [-0.25, -0.2) is 9.38 Å². The van der Waals surface area contributed by atoms with Crippen LogP contribution in [0.25, 0.3) is 6.08 Å². The number of carbonyl (C=O) groups is 1. The Morgan fingerprint density at radius 2 is 1.77 bits per heavy atom. The van der Waals surface area contributed by atoms with Gasteiger partial charge in [0.15, 0.2) is 5.17 Å². The molecule has 0 unspecified atom stereocenters. The number of amides is 1. The first kappa shape index (κ1) is 20.7. The number of thioether (sulfide) groups is 1. The number of carbonyl (C=O) groups excluding carboxylic acids is 1. The molecule has 7 heteroatoms. The molecule has 3 aromatic carbocycles. The van der Waals surface area contributed by atoms with Crippen LogP contribution in [-0.2, 0) is 11.4 Å². The molecule has 1 aliphatic heterocycles. The first-order valence-electron chi connectivity index (χ1n) is 9.51. The van der Waals surface area contributed by atoms with Gasteiger partial charge in [-0.2, -0.15) is 0 Å². The average molecular weight is 434 g/mol. The highest BCUT2D eigenvalue weighted by molar-refractivity contribution is 8.18. The minimum atomic E-state index is -0.316. The molecule has 0 aliphatic carbocycles. The highest BCUT2D eigenvalue weighted by atomic mass is 32.2. The lowest BCUT2D eigenvalue weighted by Gasteiger charge is -2.10. The van der Waals surface area contributed by atoms with Crippen LogP contribution in [0.15, 0.2) is 82.7 Å². The number of nitrogens with one attached hydrogen (secondary N) is 1. The quantitative estimate of drug-likeness (QED) is 0.535. The van der Waals surface area contributed by atoms with E-state index in [0.717, 1.165) is 11.3 Å². The molecule has 156 valence electrons. The Kier molecular flexibility index (Phi) is 6.33. The molecule has 0 radical (unpaired) electrons. The van der Waals surface area contributed by atoms with Crippen molar-refractivity contribution in [1.29, 1.82) is 0 Å². The van der Waals surface area contributed by atoms with Gasteiger partial charge in [-0.15, -0.1) is 0 Å². The van der Waals surface area contributed by atoms with Crippen molar-refractivity contribution in [2.24, 2.45) is 4.99 Å². The van der Waals surface area contributed by atoms with E-state index in [1.807, 2.05) is 30.3 Å². The maximum Gasteiger partial charge on any atom is 0.264 e. The maximum atomic E-state index is 13.9.